The summed E-state index contributed by atoms with van der Waals surface area (Å²) in [4.78, 5) is 0. The van der Waals surface area contributed by atoms with Crippen LogP contribution in [-0.4, -0.2) is 25.9 Å². The first kappa shape index (κ1) is 17.9. The van der Waals surface area contributed by atoms with E-state index >= 15 is 0 Å². The predicted octanol–water partition coefficient (Wildman–Crippen LogP) is 4.08. The maximum absolute atomic E-state index is 14.0. The van der Waals surface area contributed by atoms with Crippen molar-refractivity contribution in [2.24, 2.45) is 0 Å². The lowest BCUT2D eigenvalue weighted by Gasteiger charge is -2.38. The van der Waals surface area contributed by atoms with Gasteiger partial charge in [0.1, 0.15) is 0 Å². The number of halogens is 1. The molecule has 2 atom stereocenters. The van der Waals surface area contributed by atoms with Crippen LogP contribution in [0.4, 0.5) is 4.39 Å². The zero-order chi connectivity index (χ0) is 15.9. The van der Waals surface area contributed by atoms with Gasteiger partial charge in [0, 0.05) is 6.61 Å². The van der Waals surface area contributed by atoms with E-state index in [9.17, 15) is 4.39 Å². The van der Waals surface area contributed by atoms with Gasteiger partial charge < -0.3 is 14.8 Å². The average Bonchev–Trinajstić information content (AvgIpc) is 2.48. The SMILES string of the molecule is CCCNC(c1ccc(OC)c(F)c1)C(C)(CC)OCC. The van der Waals surface area contributed by atoms with Crippen molar-refractivity contribution in [3.63, 3.8) is 0 Å². The second kappa shape index (κ2) is 8.35. The van der Waals surface area contributed by atoms with Crippen LogP contribution in [0.2, 0.25) is 0 Å². The van der Waals surface area contributed by atoms with Gasteiger partial charge in [-0.05, 0) is 50.9 Å². The fraction of sp³-hybridized carbons (Fsp3) is 0.647. The summed E-state index contributed by atoms with van der Waals surface area (Å²) in [7, 11) is 1.47. The van der Waals surface area contributed by atoms with Gasteiger partial charge in [-0.2, -0.15) is 0 Å². The van der Waals surface area contributed by atoms with Crippen molar-refractivity contribution in [3.8, 4) is 5.75 Å². The van der Waals surface area contributed by atoms with E-state index in [-0.39, 0.29) is 23.2 Å². The molecule has 0 aliphatic heterocycles. The molecule has 1 aromatic carbocycles. The monoisotopic (exact) mass is 297 g/mol. The smallest absolute Gasteiger partial charge is 0.165 e. The number of methoxy groups -OCH3 is 1. The van der Waals surface area contributed by atoms with Gasteiger partial charge in [-0.15, -0.1) is 0 Å². The minimum Gasteiger partial charge on any atom is -0.494 e. The largest absolute Gasteiger partial charge is 0.494 e. The van der Waals surface area contributed by atoms with Crippen molar-refractivity contribution in [3.05, 3.63) is 29.6 Å². The average molecular weight is 297 g/mol. The standard InChI is InChI=1S/C17H28FNO2/c1-6-11-19-16(17(4,7-2)21-8-3)13-9-10-15(20-5)14(18)12-13/h9-10,12,16,19H,6-8,11H2,1-5H3. The fourth-order valence-electron chi connectivity index (χ4n) is 2.56. The van der Waals surface area contributed by atoms with Gasteiger partial charge in [0.05, 0.1) is 18.8 Å². The van der Waals surface area contributed by atoms with E-state index in [1.807, 2.05) is 13.0 Å². The Kier molecular flexibility index (Phi) is 7.12. The second-order valence-electron chi connectivity index (χ2n) is 5.38. The normalized spacial score (nSPS) is 15.5. The van der Waals surface area contributed by atoms with Gasteiger partial charge in [-0.25, -0.2) is 4.39 Å². The summed E-state index contributed by atoms with van der Waals surface area (Å²) in [5.74, 6) is -0.0733. The van der Waals surface area contributed by atoms with Crippen LogP contribution in [0.1, 0.15) is 52.1 Å². The van der Waals surface area contributed by atoms with Crippen molar-refractivity contribution in [2.75, 3.05) is 20.3 Å². The first-order valence-electron chi connectivity index (χ1n) is 7.73. The molecule has 0 heterocycles. The van der Waals surface area contributed by atoms with Crippen molar-refractivity contribution in [1.82, 2.24) is 5.32 Å². The number of rotatable bonds is 9. The first-order chi connectivity index (χ1) is 10.0. The molecule has 4 heteroatoms. The molecule has 0 radical (unpaired) electrons. The Morgan fingerprint density at radius 3 is 2.48 bits per heavy atom. The van der Waals surface area contributed by atoms with Crippen LogP contribution < -0.4 is 10.1 Å². The summed E-state index contributed by atoms with van der Waals surface area (Å²) < 4.78 is 25.0. The quantitative estimate of drug-likeness (QED) is 0.745. The van der Waals surface area contributed by atoms with Crippen LogP contribution in [-0.2, 0) is 4.74 Å². The Morgan fingerprint density at radius 2 is 2.00 bits per heavy atom. The summed E-state index contributed by atoms with van der Waals surface area (Å²) in [6.07, 6.45) is 1.86. The Bertz CT molecular complexity index is 439. The third-order valence-corrected chi connectivity index (χ3v) is 3.89. The molecule has 2 unspecified atom stereocenters. The highest BCUT2D eigenvalue weighted by Gasteiger charge is 2.34. The van der Waals surface area contributed by atoms with Gasteiger partial charge in [-0.1, -0.05) is 19.9 Å². The molecule has 21 heavy (non-hydrogen) atoms. The van der Waals surface area contributed by atoms with E-state index in [0.717, 1.165) is 24.9 Å². The summed E-state index contributed by atoms with van der Waals surface area (Å²) in [5, 5.41) is 3.49. The molecular weight excluding hydrogens is 269 g/mol. The van der Waals surface area contributed by atoms with Crippen LogP contribution in [0.5, 0.6) is 5.75 Å². The number of nitrogens with one attached hydrogen (secondary N) is 1. The Labute approximate surface area is 127 Å². The number of benzene rings is 1. The summed E-state index contributed by atoms with van der Waals surface area (Å²) >= 11 is 0. The van der Waals surface area contributed by atoms with E-state index in [2.05, 4.69) is 26.1 Å². The number of hydrogen-bond acceptors (Lipinski definition) is 3. The predicted molar refractivity (Wildman–Crippen MR) is 84.3 cm³/mol. The highest BCUT2D eigenvalue weighted by molar-refractivity contribution is 5.32. The third-order valence-electron chi connectivity index (χ3n) is 3.89. The second-order valence-corrected chi connectivity index (χ2v) is 5.38. The molecular formula is C17H28FNO2. The van der Waals surface area contributed by atoms with Crippen molar-refractivity contribution >= 4 is 0 Å². The Balaban J connectivity index is 3.14. The van der Waals surface area contributed by atoms with Crippen molar-refractivity contribution in [1.29, 1.82) is 0 Å². The minimum absolute atomic E-state index is 0.0530. The molecule has 0 fully saturated rings. The number of ether oxygens (including phenoxy) is 2. The van der Waals surface area contributed by atoms with Crippen LogP contribution in [0, 0.1) is 5.82 Å². The lowest BCUT2D eigenvalue weighted by molar-refractivity contribution is -0.0563. The van der Waals surface area contributed by atoms with E-state index < -0.39 is 0 Å². The zero-order valence-electron chi connectivity index (χ0n) is 13.8. The maximum atomic E-state index is 14.0. The van der Waals surface area contributed by atoms with Crippen LogP contribution >= 0.6 is 0 Å². The maximum Gasteiger partial charge on any atom is 0.165 e. The van der Waals surface area contributed by atoms with E-state index in [0.29, 0.717) is 6.61 Å². The van der Waals surface area contributed by atoms with Gasteiger partial charge >= 0.3 is 0 Å². The van der Waals surface area contributed by atoms with Gasteiger partial charge in [-0.3, -0.25) is 0 Å². The Morgan fingerprint density at radius 1 is 1.29 bits per heavy atom. The highest BCUT2D eigenvalue weighted by Crippen LogP contribution is 2.34. The zero-order valence-corrected chi connectivity index (χ0v) is 13.8. The molecule has 0 spiro atoms. The molecule has 0 aliphatic rings. The topological polar surface area (TPSA) is 30.5 Å². The molecule has 120 valence electrons. The highest BCUT2D eigenvalue weighted by atomic mass is 19.1. The van der Waals surface area contributed by atoms with Gasteiger partial charge in [0.25, 0.3) is 0 Å². The van der Waals surface area contributed by atoms with Gasteiger partial charge in [0.2, 0.25) is 0 Å². The first-order valence-corrected chi connectivity index (χ1v) is 7.73. The lowest BCUT2D eigenvalue weighted by atomic mass is 9.87. The molecule has 1 N–H and O–H groups in total. The minimum atomic E-state index is -0.370. The third kappa shape index (κ3) is 4.42. The molecule has 0 aromatic heterocycles. The molecule has 1 aromatic rings. The molecule has 0 saturated carbocycles. The summed E-state index contributed by atoms with van der Waals surface area (Å²) in [6.45, 7) is 9.76. The lowest BCUT2D eigenvalue weighted by Crippen LogP contribution is -2.44. The molecule has 0 aliphatic carbocycles. The van der Waals surface area contributed by atoms with Crippen molar-refractivity contribution < 1.29 is 13.9 Å². The van der Waals surface area contributed by atoms with E-state index in [4.69, 9.17) is 9.47 Å². The summed E-state index contributed by atoms with van der Waals surface area (Å²) in [6, 6.07) is 5.07. The van der Waals surface area contributed by atoms with Crippen LogP contribution in [0.15, 0.2) is 18.2 Å². The number of hydrogen-bond donors (Lipinski definition) is 1. The molecule has 0 amide bonds. The summed E-state index contributed by atoms with van der Waals surface area (Å²) in [5.41, 5.74) is 0.518. The molecule has 0 bridgehead atoms. The molecule has 1 rings (SSSR count). The molecule has 3 nitrogen and oxygen atoms in total. The van der Waals surface area contributed by atoms with E-state index in [1.54, 1.807) is 12.1 Å². The fourth-order valence-corrected chi connectivity index (χ4v) is 2.56. The Hall–Kier alpha value is -1.13. The van der Waals surface area contributed by atoms with Crippen LogP contribution in [0.3, 0.4) is 0 Å². The van der Waals surface area contributed by atoms with Crippen LogP contribution in [0.25, 0.3) is 0 Å². The van der Waals surface area contributed by atoms with Gasteiger partial charge in [0.15, 0.2) is 11.6 Å². The van der Waals surface area contributed by atoms with Crippen molar-refractivity contribution in [2.45, 2.75) is 52.2 Å². The molecule has 0 saturated heterocycles. The van der Waals surface area contributed by atoms with E-state index in [1.165, 1.54) is 7.11 Å².